The van der Waals surface area contributed by atoms with Gasteiger partial charge in [-0.15, -0.1) is 12.4 Å². The molecular formula is C11H14ClNO2. The Morgan fingerprint density at radius 2 is 2.13 bits per heavy atom. The quantitative estimate of drug-likeness (QED) is 0.739. The highest BCUT2D eigenvalue weighted by molar-refractivity contribution is 5.85. The van der Waals surface area contributed by atoms with Crippen molar-refractivity contribution in [1.29, 1.82) is 0 Å². The molecule has 15 heavy (non-hydrogen) atoms. The molecule has 0 aromatic heterocycles. The summed E-state index contributed by atoms with van der Waals surface area (Å²) >= 11 is 0. The number of carbonyl (C=O) groups is 1. The maximum atomic E-state index is 11.4. The number of hydrogen-bond acceptors (Lipinski definition) is 3. The molecule has 2 rings (SSSR count). The minimum Gasteiger partial charge on any atom is -0.469 e. The second-order valence-electron chi connectivity index (χ2n) is 3.56. The molecule has 0 heterocycles. The monoisotopic (exact) mass is 227 g/mol. The number of ether oxygens (including phenoxy) is 1. The molecule has 1 aliphatic carbocycles. The average Bonchev–Trinajstić information content (AvgIpc) is 2.56. The molecule has 3 nitrogen and oxygen atoms in total. The summed E-state index contributed by atoms with van der Waals surface area (Å²) in [6.45, 7) is 0. The number of hydrogen-bond donors (Lipinski definition) is 1. The third kappa shape index (κ3) is 1.98. The third-order valence-corrected chi connectivity index (χ3v) is 2.79. The van der Waals surface area contributed by atoms with Crippen LogP contribution in [0.15, 0.2) is 24.3 Å². The van der Waals surface area contributed by atoms with Gasteiger partial charge in [-0.05, 0) is 17.5 Å². The lowest BCUT2D eigenvalue weighted by Gasteiger charge is -2.12. The molecule has 0 saturated carbocycles. The van der Waals surface area contributed by atoms with Gasteiger partial charge in [0.15, 0.2) is 0 Å². The Kier molecular flexibility index (Phi) is 3.72. The summed E-state index contributed by atoms with van der Waals surface area (Å²) in [4.78, 5) is 11.4. The zero-order valence-corrected chi connectivity index (χ0v) is 9.29. The van der Waals surface area contributed by atoms with Crippen molar-refractivity contribution >= 4 is 18.4 Å². The average molecular weight is 228 g/mol. The second-order valence-corrected chi connectivity index (χ2v) is 3.56. The van der Waals surface area contributed by atoms with Crippen molar-refractivity contribution in [2.24, 2.45) is 11.7 Å². The van der Waals surface area contributed by atoms with E-state index >= 15 is 0 Å². The van der Waals surface area contributed by atoms with Crippen LogP contribution in [0.3, 0.4) is 0 Å². The highest BCUT2D eigenvalue weighted by atomic mass is 35.5. The standard InChI is InChI=1S/C11H13NO2.ClH/c1-14-11(13)9-6-7-4-2-3-5-8(7)10(9)12;/h2-5,9-10H,6,12H2,1H3;1H/t9-,10+;/m0./s1. The van der Waals surface area contributed by atoms with E-state index in [0.717, 1.165) is 11.1 Å². The number of methoxy groups -OCH3 is 1. The van der Waals surface area contributed by atoms with E-state index in [1.807, 2.05) is 24.3 Å². The Morgan fingerprint density at radius 3 is 2.73 bits per heavy atom. The first-order valence-corrected chi connectivity index (χ1v) is 4.65. The van der Waals surface area contributed by atoms with Crippen LogP contribution in [-0.4, -0.2) is 13.1 Å². The minimum atomic E-state index is -0.214. The van der Waals surface area contributed by atoms with E-state index in [1.165, 1.54) is 7.11 Å². The molecule has 1 aliphatic rings. The van der Waals surface area contributed by atoms with E-state index < -0.39 is 0 Å². The highest BCUT2D eigenvalue weighted by Crippen LogP contribution is 2.34. The molecule has 0 radical (unpaired) electrons. The largest absolute Gasteiger partial charge is 0.469 e. The van der Waals surface area contributed by atoms with Crippen LogP contribution >= 0.6 is 12.4 Å². The summed E-state index contributed by atoms with van der Waals surface area (Å²) < 4.78 is 4.72. The fraction of sp³-hybridized carbons (Fsp3) is 0.364. The Balaban J connectivity index is 0.00000112. The molecule has 0 bridgehead atoms. The van der Waals surface area contributed by atoms with Gasteiger partial charge in [0.1, 0.15) is 0 Å². The number of nitrogens with two attached hydrogens (primary N) is 1. The summed E-state index contributed by atoms with van der Waals surface area (Å²) in [5.74, 6) is -0.425. The number of benzene rings is 1. The van der Waals surface area contributed by atoms with Crippen LogP contribution in [0.25, 0.3) is 0 Å². The van der Waals surface area contributed by atoms with Crippen LogP contribution in [-0.2, 0) is 16.0 Å². The SMILES string of the molecule is COC(=O)[C@H]1Cc2ccccc2[C@H]1N.Cl. The van der Waals surface area contributed by atoms with E-state index in [4.69, 9.17) is 10.5 Å². The lowest BCUT2D eigenvalue weighted by molar-refractivity contribution is -0.145. The van der Waals surface area contributed by atoms with Crippen molar-refractivity contribution in [3.05, 3.63) is 35.4 Å². The zero-order valence-electron chi connectivity index (χ0n) is 8.47. The summed E-state index contributed by atoms with van der Waals surface area (Å²) in [5, 5.41) is 0. The van der Waals surface area contributed by atoms with Gasteiger partial charge in [-0.25, -0.2) is 0 Å². The zero-order chi connectivity index (χ0) is 10.1. The van der Waals surface area contributed by atoms with Crippen molar-refractivity contribution in [3.8, 4) is 0 Å². The molecule has 1 aromatic carbocycles. The molecular weight excluding hydrogens is 214 g/mol. The van der Waals surface area contributed by atoms with Gasteiger partial charge >= 0.3 is 5.97 Å². The number of fused-ring (bicyclic) bond motifs is 1. The molecule has 82 valence electrons. The fourth-order valence-electron chi connectivity index (χ4n) is 2.01. The number of carbonyl (C=O) groups excluding carboxylic acids is 1. The summed E-state index contributed by atoms with van der Waals surface area (Å²) in [6.07, 6.45) is 0.698. The van der Waals surface area contributed by atoms with Gasteiger partial charge in [0.2, 0.25) is 0 Å². The van der Waals surface area contributed by atoms with Crippen molar-refractivity contribution < 1.29 is 9.53 Å². The fourth-order valence-corrected chi connectivity index (χ4v) is 2.01. The van der Waals surface area contributed by atoms with Crippen LogP contribution in [0, 0.1) is 5.92 Å². The number of rotatable bonds is 1. The van der Waals surface area contributed by atoms with Crippen molar-refractivity contribution in [1.82, 2.24) is 0 Å². The lowest BCUT2D eigenvalue weighted by Crippen LogP contribution is -2.25. The van der Waals surface area contributed by atoms with Gasteiger partial charge in [0.25, 0.3) is 0 Å². The van der Waals surface area contributed by atoms with Crippen LogP contribution in [0.2, 0.25) is 0 Å². The summed E-state index contributed by atoms with van der Waals surface area (Å²) in [7, 11) is 1.40. The molecule has 0 fully saturated rings. The number of esters is 1. The third-order valence-electron chi connectivity index (χ3n) is 2.79. The van der Waals surface area contributed by atoms with Gasteiger partial charge in [-0.3, -0.25) is 4.79 Å². The molecule has 2 atom stereocenters. The Labute approximate surface area is 95.0 Å². The van der Waals surface area contributed by atoms with Gasteiger partial charge in [-0.1, -0.05) is 24.3 Å². The highest BCUT2D eigenvalue weighted by Gasteiger charge is 2.35. The molecule has 0 amide bonds. The first-order valence-electron chi connectivity index (χ1n) is 4.65. The molecule has 2 N–H and O–H groups in total. The second kappa shape index (κ2) is 4.64. The van der Waals surface area contributed by atoms with Gasteiger partial charge in [-0.2, -0.15) is 0 Å². The van der Waals surface area contributed by atoms with E-state index in [0.29, 0.717) is 6.42 Å². The van der Waals surface area contributed by atoms with E-state index in [2.05, 4.69) is 0 Å². The van der Waals surface area contributed by atoms with Gasteiger partial charge in [0, 0.05) is 6.04 Å². The van der Waals surface area contributed by atoms with E-state index in [9.17, 15) is 4.79 Å². The molecule has 0 spiro atoms. The van der Waals surface area contributed by atoms with Crippen LogP contribution in [0.5, 0.6) is 0 Å². The maximum Gasteiger partial charge on any atom is 0.310 e. The molecule has 4 heteroatoms. The van der Waals surface area contributed by atoms with Crippen molar-refractivity contribution in [2.75, 3.05) is 7.11 Å². The van der Waals surface area contributed by atoms with Crippen molar-refractivity contribution in [3.63, 3.8) is 0 Å². The van der Waals surface area contributed by atoms with Crippen LogP contribution < -0.4 is 5.73 Å². The van der Waals surface area contributed by atoms with Crippen molar-refractivity contribution in [2.45, 2.75) is 12.5 Å². The first kappa shape index (κ1) is 12.0. The van der Waals surface area contributed by atoms with E-state index in [-0.39, 0.29) is 30.3 Å². The molecule has 0 unspecified atom stereocenters. The maximum absolute atomic E-state index is 11.4. The summed E-state index contributed by atoms with van der Waals surface area (Å²) in [6, 6.07) is 7.68. The molecule has 0 saturated heterocycles. The van der Waals surface area contributed by atoms with E-state index in [1.54, 1.807) is 0 Å². The smallest absolute Gasteiger partial charge is 0.310 e. The van der Waals surface area contributed by atoms with Crippen LogP contribution in [0.4, 0.5) is 0 Å². The van der Waals surface area contributed by atoms with Crippen LogP contribution in [0.1, 0.15) is 17.2 Å². The Hall–Kier alpha value is -1.06. The Bertz CT molecular complexity index is 367. The lowest BCUT2D eigenvalue weighted by atomic mass is 10.0. The molecule has 0 aliphatic heterocycles. The topological polar surface area (TPSA) is 52.3 Å². The predicted molar refractivity (Wildman–Crippen MR) is 59.8 cm³/mol. The minimum absolute atomic E-state index is 0. The van der Waals surface area contributed by atoms with Gasteiger partial charge in [0.05, 0.1) is 13.0 Å². The normalized spacial score (nSPS) is 22.8. The van der Waals surface area contributed by atoms with Gasteiger partial charge < -0.3 is 10.5 Å². The number of halogens is 1. The molecule has 1 aromatic rings. The predicted octanol–water partition coefficient (Wildman–Crippen LogP) is 1.45. The summed E-state index contributed by atoms with van der Waals surface area (Å²) in [5.41, 5.74) is 8.20. The Morgan fingerprint density at radius 1 is 1.47 bits per heavy atom. The first-order chi connectivity index (χ1) is 6.74.